The van der Waals surface area contributed by atoms with Crippen LogP contribution in [0.1, 0.15) is 32.6 Å². The molecule has 6 nitrogen and oxygen atoms in total. The van der Waals surface area contributed by atoms with E-state index in [0.717, 1.165) is 25.7 Å². The van der Waals surface area contributed by atoms with Gasteiger partial charge in [-0.25, -0.2) is 0 Å². The van der Waals surface area contributed by atoms with Crippen LogP contribution in [-0.2, 0) is 14.3 Å². The summed E-state index contributed by atoms with van der Waals surface area (Å²) >= 11 is 0. The number of hydrogen-bond donors (Lipinski definition) is 3. The molecule has 0 radical (unpaired) electrons. The lowest BCUT2D eigenvalue weighted by Gasteiger charge is -2.37. The van der Waals surface area contributed by atoms with Crippen LogP contribution >= 0.6 is 12.4 Å². The molecule has 1 fully saturated rings. The van der Waals surface area contributed by atoms with Crippen LogP contribution in [-0.4, -0.2) is 44.2 Å². The molecule has 7 heteroatoms. The molecule has 0 aromatic carbocycles. The second kappa shape index (κ2) is 9.15. The molecule has 4 N–H and O–H groups in total. The van der Waals surface area contributed by atoms with Crippen LogP contribution in [0.5, 0.6) is 0 Å². The zero-order valence-corrected chi connectivity index (χ0v) is 13.1. The van der Waals surface area contributed by atoms with Crippen LogP contribution in [0.2, 0.25) is 0 Å². The van der Waals surface area contributed by atoms with Crippen molar-refractivity contribution in [1.29, 1.82) is 0 Å². The molecule has 0 saturated heterocycles. The number of methoxy groups -OCH3 is 1. The fraction of sp³-hybridized carbons (Fsp3) is 0.846. The van der Waals surface area contributed by atoms with Crippen molar-refractivity contribution in [3.05, 3.63) is 0 Å². The first-order chi connectivity index (χ1) is 8.97. The van der Waals surface area contributed by atoms with E-state index in [2.05, 4.69) is 10.6 Å². The molecule has 0 heterocycles. The van der Waals surface area contributed by atoms with Crippen molar-refractivity contribution in [2.24, 2.45) is 11.7 Å². The zero-order chi connectivity index (χ0) is 14.3. The molecule has 2 amide bonds. The van der Waals surface area contributed by atoms with Crippen LogP contribution < -0.4 is 16.4 Å². The summed E-state index contributed by atoms with van der Waals surface area (Å²) in [6.07, 6.45) is 3.73. The molecule has 2 atom stereocenters. The number of nitrogens with one attached hydrogen (secondary N) is 2. The third kappa shape index (κ3) is 6.07. The van der Waals surface area contributed by atoms with Gasteiger partial charge in [0.1, 0.15) is 0 Å². The van der Waals surface area contributed by atoms with E-state index in [4.69, 9.17) is 10.5 Å². The Morgan fingerprint density at radius 2 is 2.05 bits per heavy atom. The van der Waals surface area contributed by atoms with Gasteiger partial charge in [-0.1, -0.05) is 12.8 Å². The Morgan fingerprint density at radius 1 is 1.35 bits per heavy atom. The Balaban J connectivity index is 0.00000361. The van der Waals surface area contributed by atoms with Crippen LogP contribution in [0, 0.1) is 5.92 Å². The summed E-state index contributed by atoms with van der Waals surface area (Å²) in [4.78, 5) is 23.5. The van der Waals surface area contributed by atoms with Gasteiger partial charge < -0.3 is 21.1 Å². The van der Waals surface area contributed by atoms with E-state index in [1.54, 1.807) is 7.11 Å². The molecule has 2 unspecified atom stereocenters. The van der Waals surface area contributed by atoms with Crippen molar-refractivity contribution in [2.45, 2.75) is 38.1 Å². The number of amides is 2. The van der Waals surface area contributed by atoms with Gasteiger partial charge in [0.25, 0.3) is 0 Å². The molecular weight excluding hydrogens is 282 g/mol. The number of hydrogen-bond acceptors (Lipinski definition) is 4. The summed E-state index contributed by atoms with van der Waals surface area (Å²) in [5.74, 6) is -0.528. The highest BCUT2D eigenvalue weighted by atomic mass is 35.5. The van der Waals surface area contributed by atoms with Crippen LogP contribution in [0.3, 0.4) is 0 Å². The van der Waals surface area contributed by atoms with E-state index in [1.165, 1.54) is 0 Å². The largest absolute Gasteiger partial charge is 0.383 e. The number of halogens is 1. The molecule has 1 saturated carbocycles. The van der Waals surface area contributed by atoms with Gasteiger partial charge in [0.05, 0.1) is 19.1 Å². The van der Waals surface area contributed by atoms with Gasteiger partial charge in [0.15, 0.2) is 0 Å². The predicted octanol–water partition coefficient (Wildman–Crippen LogP) is 0.195. The Morgan fingerprint density at radius 3 is 2.65 bits per heavy atom. The first-order valence-electron chi connectivity index (χ1n) is 6.79. The van der Waals surface area contributed by atoms with Crippen molar-refractivity contribution < 1.29 is 14.3 Å². The second-order valence-electron chi connectivity index (χ2n) is 5.36. The molecule has 0 aromatic rings. The number of rotatable bonds is 6. The van der Waals surface area contributed by atoms with Crippen LogP contribution in [0.4, 0.5) is 0 Å². The van der Waals surface area contributed by atoms with Crippen LogP contribution in [0.15, 0.2) is 0 Å². The summed E-state index contributed by atoms with van der Waals surface area (Å²) in [5, 5.41) is 5.32. The minimum absolute atomic E-state index is 0. The Kier molecular flexibility index (Phi) is 8.76. The molecule has 0 spiro atoms. The van der Waals surface area contributed by atoms with E-state index < -0.39 is 5.54 Å². The third-order valence-electron chi connectivity index (χ3n) is 3.62. The summed E-state index contributed by atoms with van der Waals surface area (Å²) in [6.45, 7) is 2.82. The van der Waals surface area contributed by atoms with E-state index >= 15 is 0 Å². The van der Waals surface area contributed by atoms with E-state index in [0.29, 0.717) is 13.2 Å². The summed E-state index contributed by atoms with van der Waals surface area (Å²) in [5.41, 5.74) is 5.69. The van der Waals surface area contributed by atoms with Gasteiger partial charge in [-0.15, -0.1) is 12.4 Å². The summed E-state index contributed by atoms with van der Waals surface area (Å²) in [7, 11) is 1.57. The Hall–Kier alpha value is -0.850. The molecule has 0 bridgehead atoms. The van der Waals surface area contributed by atoms with Crippen molar-refractivity contribution in [1.82, 2.24) is 10.6 Å². The highest BCUT2D eigenvalue weighted by molar-refractivity contribution is 5.86. The zero-order valence-electron chi connectivity index (χ0n) is 12.2. The lowest BCUT2D eigenvalue weighted by molar-refractivity contribution is -0.131. The monoisotopic (exact) mass is 307 g/mol. The molecule has 1 rings (SSSR count). The number of nitrogens with two attached hydrogens (primary N) is 1. The van der Waals surface area contributed by atoms with Crippen LogP contribution in [0.25, 0.3) is 0 Å². The lowest BCUT2D eigenvalue weighted by atomic mass is 9.74. The van der Waals surface area contributed by atoms with Crippen molar-refractivity contribution in [3.63, 3.8) is 0 Å². The van der Waals surface area contributed by atoms with Crippen molar-refractivity contribution in [3.8, 4) is 0 Å². The molecule has 0 aliphatic heterocycles. The fourth-order valence-corrected chi connectivity index (χ4v) is 2.43. The third-order valence-corrected chi connectivity index (χ3v) is 3.62. The molecular formula is C13H26ClN3O3. The summed E-state index contributed by atoms with van der Waals surface area (Å²) < 4.78 is 4.82. The fourth-order valence-electron chi connectivity index (χ4n) is 2.43. The normalized spacial score (nSPS) is 25.4. The lowest BCUT2D eigenvalue weighted by Crippen LogP contribution is -2.53. The molecule has 1 aliphatic rings. The van der Waals surface area contributed by atoms with Crippen molar-refractivity contribution in [2.75, 3.05) is 26.8 Å². The van der Waals surface area contributed by atoms with Gasteiger partial charge in [-0.2, -0.15) is 0 Å². The second-order valence-corrected chi connectivity index (χ2v) is 5.36. The number of carbonyl (C=O) groups excluding carboxylic acids is 2. The molecule has 0 aromatic heterocycles. The molecule has 118 valence electrons. The maximum Gasteiger partial charge on any atom is 0.239 e. The van der Waals surface area contributed by atoms with Gasteiger partial charge in [-0.05, 0) is 19.8 Å². The van der Waals surface area contributed by atoms with Crippen molar-refractivity contribution >= 4 is 24.2 Å². The standard InChI is InChI=1S/C13H25N3O3.ClH/c1-13(14)6-4-3-5-10(13)12(18)16-9-11(17)15-7-8-19-2;/h10H,3-9,14H2,1-2H3,(H,15,17)(H,16,18);1H. The molecule has 20 heavy (non-hydrogen) atoms. The highest BCUT2D eigenvalue weighted by Crippen LogP contribution is 2.31. The summed E-state index contributed by atoms with van der Waals surface area (Å²) in [6, 6.07) is 0. The maximum atomic E-state index is 12.1. The quantitative estimate of drug-likeness (QED) is 0.611. The maximum absolute atomic E-state index is 12.1. The SMILES string of the molecule is COCCNC(=O)CNC(=O)C1CCCCC1(C)N.Cl. The number of carbonyl (C=O) groups is 2. The first-order valence-corrected chi connectivity index (χ1v) is 6.79. The first kappa shape index (κ1) is 19.1. The topological polar surface area (TPSA) is 93.5 Å². The highest BCUT2D eigenvalue weighted by Gasteiger charge is 2.37. The predicted molar refractivity (Wildman–Crippen MR) is 79.7 cm³/mol. The molecule has 1 aliphatic carbocycles. The van der Waals surface area contributed by atoms with Gasteiger partial charge in [0.2, 0.25) is 11.8 Å². The minimum Gasteiger partial charge on any atom is -0.383 e. The van der Waals surface area contributed by atoms with Gasteiger partial charge in [0, 0.05) is 19.2 Å². The average molecular weight is 308 g/mol. The van der Waals surface area contributed by atoms with E-state index in [-0.39, 0.29) is 36.7 Å². The number of ether oxygens (including phenoxy) is 1. The smallest absolute Gasteiger partial charge is 0.239 e. The van der Waals surface area contributed by atoms with E-state index in [9.17, 15) is 9.59 Å². The van der Waals surface area contributed by atoms with Gasteiger partial charge >= 0.3 is 0 Å². The minimum atomic E-state index is -0.463. The average Bonchev–Trinajstić information content (AvgIpc) is 2.36. The Labute approximate surface area is 126 Å². The van der Waals surface area contributed by atoms with E-state index in [1.807, 2.05) is 6.92 Å². The Bertz CT molecular complexity index is 324. The van der Waals surface area contributed by atoms with Gasteiger partial charge in [-0.3, -0.25) is 9.59 Å².